The van der Waals surface area contributed by atoms with Gasteiger partial charge in [0.25, 0.3) is 0 Å². The van der Waals surface area contributed by atoms with Crippen molar-refractivity contribution in [2.45, 2.75) is 37.7 Å². The van der Waals surface area contributed by atoms with Crippen LogP contribution in [0.15, 0.2) is 0 Å². The Bertz CT molecular complexity index is 204. The molecule has 14 heavy (non-hydrogen) atoms. The van der Waals surface area contributed by atoms with E-state index in [9.17, 15) is 0 Å². The molecular weight excluding hydrogens is 174 g/mol. The summed E-state index contributed by atoms with van der Waals surface area (Å²) in [5.74, 6) is 3.56. The molecule has 2 N–H and O–H groups in total. The van der Waals surface area contributed by atoms with Crippen LogP contribution in [0.5, 0.6) is 0 Å². The Kier molecular flexibility index (Phi) is 1.94. The Labute approximate surface area is 86.2 Å². The molecule has 4 bridgehead atoms. The van der Waals surface area contributed by atoms with Crippen molar-refractivity contribution in [1.82, 2.24) is 0 Å². The van der Waals surface area contributed by atoms with E-state index in [1.807, 2.05) is 7.11 Å². The van der Waals surface area contributed by atoms with Crippen molar-refractivity contribution in [2.75, 3.05) is 13.7 Å². The quantitative estimate of drug-likeness (QED) is 0.729. The summed E-state index contributed by atoms with van der Waals surface area (Å²) in [7, 11) is 1.87. The van der Waals surface area contributed by atoms with E-state index in [-0.39, 0.29) is 5.60 Å². The van der Waals surface area contributed by atoms with Gasteiger partial charge in [0.1, 0.15) is 0 Å². The van der Waals surface area contributed by atoms with Gasteiger partial charge in [-0.3, -0.25) is 0 Å². The van der Waals surface area contributed by atoms with Crippen molar-refractivity contribution in [2.24, 2.45) is 29.4 Å². The number of nitrogens with two attached hydrogens (primary N) is 1. The molecule has 80 valence electrons. The lowest BCUT2D eigenvalue weighted by atomic mass is 9.50. The van der Waals surface area contributed by atoms with E-state index in [4.69, 9.17) is 10.5 Å². The molecule has 0 aliphatic heterocycles. The van der Waals surface area contributed by atoms with Gasteiger partial charge in [0.05, 0.1) is 5.60 Å². The number of rotatable bonds is 2. The van der Waals surface area contributed by atoms with Crippen LogP contribution in [0.3, 0.4) is 0 Å². The number of hydrogen-bond acceptors (Lipinski definition) is 2. The van der Waals surface area contributed by atoms with Crippen LogP contribution in [0, 0.1) is 23.7 Å². The number of methoxy groups -OCH3 is 1. The predicted octanol–water partition coefficient (Wildman–Crippen LogP) is 1.79. The van der Waals surface area contributed by atoms with Gasteiger partial charge in [0, 0.05) is 13.7 Å². The predicted molar refractivity (Wildman–Crippen MR) is 55.8 cm³/mol. The van der Waals surface area contributed by atoms with Gasteiger partial charge < -0.3 is 10.5 Å². The molecule has 0 heterocycles. The Morgan fingerprint density at radius 2 is 1.57 bits per heavy atom. The average molecular weight is 195 g/mol. The summed E-state index contributed by atoms with van der Waals surface area (Å²) in [6, 6.07) is 0. The van der Waals surface area contributed by atoms with Crippen LogP contribution in [0.25, 0.3) is 0 Å². The Morgan fingerprint density at radius 1 is 1.07 bits per heavy atom. The molecule has 0 aromatic rings. The molecule has 4 saturated carbocycles. The highest BCUT2D eigenvalue weighted by Crippen LogP contribution is 2.58. The van der Waals surface area contributed by atoms with Gasteiger partial charge >= 0.3 is 0 Å². The largest absolute Gasteiger partial charge is 0.376 e. The van der Waals surface area contributed by atoms with Crippen molar-refractivity contribution in [3.63, 3.8) is 0 Å². The van der Waals surface area contributed by atoms with Crippen LogP contribution in [0.2, 0.25) is 0 Å². The van der Waals surface area contributed by atoms with Gasteiger partial charge in [-0.25, -0.2) is 0 Å². The van der Waals surface area contributed by atoms with Crippen LogP contribution in [-0.4, -0.2) is 19.3 Å². The molecule has 0 spiro atoms. The lowest BCUT2D eigenvalue weighted by Crippen LogP contribution is -2.62. The second-order valence-corrected chi connectivity index (χ2v) is 5.67. The normalized spacial score (nSPS) is 55.3. The molecular formula is C12H21NO. The average Bonchev–Trinajstić information content (AvgIpc) is 2.18. The van der Waals surface area contributed by atoms with E-state index < -0.39 is 0 Å². The maximum absolute atomic E-state index is 5.97. The fourth-order valence-corrected chi connectivity index (χ4v) is 4.73. The van der Waals surface area contributed by atoms with Gasteiger partial charge in [0.2, 0.25) is 0 Å². The van der Waals surface area contributed by atoms with Gasteiger partial charge in [0.15, 0.2) is 0 Å². The first-order valence-corrected chi connectivity index (χ1v) is 6.03. The SMILES string of the molecule is COC1(CN)C2CC3CC(C2)CC1C3. The topological polar surface area (TPSA) is 35.2 Å². The molecule has 4 aliphatic rings. The zero-order valence-electron chi connectivity index (χ0n) is 9.04. The molecule has 4 fully saturated rings. The van der Waals surface area contributed by atoms with E-state index in [2.05, 4.69) is 0 Å². The van der Waals surface area contributed by atoms with Gasteiger partial charge in [-0.1, -0.05) is 0 Å². The first kappa shape index (κ1) is 9.17. The fourth-order valence-electron chi connectivity index (χ4n) is 4.73. The lowest BCUT2D eigenvalue weighted by Gasteiger charge is -2.60. The van der Waals surface area contributed by atoms with E-state index in [1.54, 1.807) is 0 Å². The summed E-state index contributed by atoms with van der Waals surface area (Å²) in [6.45, 7) is 0.734. The summed E-state index contributed by atoms with van der Waals surface area (Å²) >= 11 is 0. The Hall–Kier alpha value is -0.0800. The molecule has 0 radical (unpaired) electrons. The molecule has 2 heteroatoms. The summed E-state index contributed by atoms with van der Waals surface area (Å²) in [5.41, 5.74) is 6.04. The van der Waals surface area contributed by atoms with Crippen LogP contribution < -0.4 is 5.73 Å². The van der Waals surface area contributed by atoms with E-state index >= 15 is 0 Å². The second kappa shape index (κ2) is 2.96. The third-order valence-electron chi connectivity index (χ3n) is 5.22. The zero-order chi connectivity index (χ0) is 9.76. The van der Waals surface area contributed by atoms with Crippen LogP contribution in [0.1, 0.15) is 32.1 Å². The number of ether oxygens (including phenoxy) is 1. The minimum Gasteiger partial charge on any atom is -0.376 e. The van der Waals surface area contributed by atoms with Gasteiger partial charge in [-0.15, -0.1) is 0 Å². The summed E-state index contributed by atoms with van der Waals surface area (Å²) < 4.78 is 5.84. The summed E-state index contributed by atoms with van der Waals surface area (Å²) in [5, 5.41) is 0. The van der Waals surface area contributed by atoms with E-state index in [0.717, 1.165) is 30.2 Å². The second-order valence-electron chi connectivity index (χ2n) is 5.67. The number of hydrogen-bond donors (Lipinski definition) is 1. The Balaban J connectivity index is 1.93. The van der Waals surface area contributed by atoms with Crippen molar-refractivity contribution in [3.05, 3.63) is 0 Å². The lowest BCUT2D eigenvalue weighted by molar-refractivity contribution is -0.184. The van der Waals surface area contributed by atoms with Crippen molar-refractivity contribution in [3.8, 4) is 0 Å². The molecule has 0 unspecified atom stereocenters. The summed E-state index contributed by atoms with van der Waals surface area (Å²) in [6.07, 6.45) is 7.05. The Morgan fingerprint density at radius 3 is 1.93 bits per heavy atom. The van der Waals surface area contributed by atoms with Crippen LogP contribution >= 0.6 is 0 Å². The fraction of sp³-hybridized carbons (Fsp3) is 1.00. The van der Waals surface area contributed by atoms with Crippen molar-refractivity contribution >= 4 is 0 Å². The molecule has 0 saturated heterocycles. The van der Waals surface area contributed by atoms with Crippen LogP contribution in [-0.2, 0) is 4.74 Å². The van der Waals surface area contributed by atoms with E-state index in [1.165, 1.54) is 32.1 Å². The molecule has 4 aliphatic carbocycles. The molecule has 0 aromatic carbocycles. The van der Waals surface area contributed by atoms with Crippen molar-refractivity contribution < 1.29 is 4.74 Å². The zero-order valence-corrected chi connectivity index (χ0v) is 9.04. The minimum absolute atomic E-state index is 0.0629. The highest BCUT2D eigenvalue weighted by Gasteiger charge is 2.56. The first-order valence-electron chi connectivity index (χ1n) is 6.03. The van der Waals surface area contributed by atoms with Gasteiger partial charge in [-0.2, -0.15) is 0 Å². The standard InChI is InChI=1S/C12H21NO/c1-14-12(7-13)10-3-8-2-9(5-10)6-11(12)4-8/h8-11H,2-7,13H2,1H3. The monoisotopic (exact) mass is 195 g/mol. The summed E-state index contributed by atoms with van der Waals surface area (Å²) in [4.78, 5) is 0. The first-order chi connectivity index (χ1) is 6.78. The smallest absolute Gasteiger partial charge is 0.0856 e. The maximum atomic E-state index is 5.97. The third-order valence-corrected chi connectivity index (χ3v) is 5.22. The minimum atomic E-state index is 0.0629. The molecule has 0 aromatic heterocycles. The van der Waals surface area contributed by atoms with E-state index in [0.29, 0.717) is 0 Å². The van der Waals surface area contributed by atoms with Crippen molar-refractivity contribution in [1.29, 1.82) is 0 Å². The maximum Gasteiger partial charge on any atom is 0.0856 e. The molecule has 0 atom stereocenters. The van der Waals surface area contributed by atoms with Gasteiger partial charge in [-0.05, 0) is 55.8 Å². The molecule has 2 nitrogen and oxygen atoms in total. The highest BCUT2D eigenvalue weighted by molar-refractivity contribution is 5.08. The third kappa shape index (κ3) is 0.989. The van der Waals surface area contributed by atoms with Crippen LogP contribution in [0.4, 0.5) is 0 Å². The highest BCUT2D eigenvalue weighted by atomic mass is 16.5. The molecule has 4 rings (SSSR count). The molecule has 0 amide bonds.